The van der Waals surface area contributed by atoms with E-state index in [4.69, 9.17) is 21.1 Å². The molecule has 2 rings (SSSR count). The molecule has 0 atom stereocenters. The van der Waals surface area contributed by atoms with E-state index in [0.29, 0.717) is 35.3 Å². The molecule has 0 aromatic heterocycles. The number of carbonyl (C=O) groups is 1. The molecule has 140 valence electrons. The molecule has 0 unspecified atom stereocenters. The molecule has 0 spiro atoms. The Labute approximate surface area is 157 Å². The highest BCUT2D eigenvalue weighted by atomic mass is 35.5. The smallest absolute Gasteiger partial charge is 0.238 e. The van der Waals surface area contributed by atoms with Crippen molar-refractivity contribution in [2.45, 2.75) is 13.5 Å². The molecule has 7 heteroatoms. The first-order valence-corrected chi connectivity index (χ1v) is 8.52. The van der Waals surface area contributed by atoms with Crippen LogP contribution < -0.4 is 14.8 Å². The Morgan fingerprint density at radius 3 is 2.54 bits per heavy atom. The molecule has 26 heavy (non-hydrogen) atoms. The van der Waals surface area contributed by atoms with E-state index < -0.39 is 0 Å². The minimum atomic E-state index is -0.291. The molecule has 0 fully saturated rings. The summed E-state index contributed by atoms with van der Waals surface area (Å²) >= 11 is 6.12. The van der Waals surface area contributed by atoms with Crippen LogP contribution in [0.4, 0.5) is 10.1 Å². The van der Waals surface area contributed by atoms with Gasteiger partial charge in [-0.3, -0.25) is 9.69 Å². The Hall–Kier alpha value is -2.31. The van der Waals surface area contributed by atoms with Crippen LogP contribution in [0.3, 0.4) is 0 Å². The van der Waals surface area contributed by atoms with Crippen molar-refractivity contribution < 1.29 is 18.7 Å². The van der Waals surface area contributed by atoms with Gasteiger partial charge in [0.2, 0.25) is 5.91 Å². The Balaban J connectivity index is 2.05. The van der Waals surface area contributed by atoms with Gasteiger partial charge in [-0.1, -0.05) is 30.7 Å². The summed E-state index contributed by atoms with van der Waals surface area (Å²) in [5, 5.41) is 3.17. The number of methoxy groups -OCH3 is 2. The Bertz CT molecular complexity index is 770. The number of halogens is 2. The van der Waals surface area contributed by atoms with Gasteiger partial charge in [0.05, 0.1) is 31.5 Å². The van der Waals surface area contributed by atoms with E-state index in [1.54, 1.807) is 18.2 Å². The van der Waals surface area contributed by atoms with Gasteiger partial charge in [-0.15, -0.1) is 0 Å². The van der Waals surface area contributed by atoms with Crippen LogP contribution >= 0.6 is 11.6 Å². The van der Waals surface area contributed by atoms with E-state index >= 15 is 0 Å². The zero-order valence-corrected chi connectivity index (χ0v) is 15.8. The second-order valence-corrected chi connectivity index (χ2v) is 6.08. The summed E-state index contributed by atoms with van der Waals surface area (Å²) in [5.41, 5.74) is 1.27. The van der Waals surface area contributed by atoms with Crippen LogP contribution in [0.2, 0.25) is 5.02 Å². The van der Waals surface area contributed by atoms with Crippen molar-refractivity contribution in [2.24, 2.45) is 0 Å². The third-order valence-electron chi connectivity index (χ3n) is 3.86. The standard InChI is InChI=1S/C19H22ClFN2O3/c1-4-23(11-13-6-5-7-14(21)8-13)12-19(24)22-16-9-15(20)17(25-2)10-18(16)26-3/h5-10H,4,11-12H2,1-3H3,(H,22,24). The molecule has 2 aromatic carbocycles. The Morgan fingerprint density at radius 1 is 1.19 bits per heavy atom. The van der Waals surface area contributed by atoms with Gasteiger partial charge in [-0.25, -0.2) is 4.39 Å². The number of hydrogen-bond donors (Lipinski definition) is 1. The molecule has 0 aliphatic carbocycles. The second-order valence-electron chi connectivity index (χ2n) is 5.67. The lowest BCUT2D eigenvalue weighted by molar-refractivity contribution is -0.117. The highest BCUT2D eigenvalue weighted by Gasteiger charge is 2.15. The van der Waals surface area contributed by atoms with Crippen molar-refractivity contribution >= 4 is 23.2 Å². The summed E-state index contributed by atoms with van der Waals surface area (Å²) in [6, 6.07) is 9.54. The van der Waals surface area contributed by atoms with Crippen LogP contribution in [0.5, 0.6) is 11.5 Å². The zero-order valence-electron chi connectivity index (χ0n) is 15.0. The van der Waals surface area contributed by atoms with Crippen molar-refractivity contribution in [1.29, 1.82) is 0 Å². The highest BCUT2D eigenvalue weighted by molar-refractivity contribution is 6.32. The largest absolute Gasteiger partial charge is 0.495 e. The average Bonchev–Trinajstić information content (AvgIpc) is 2.61. The van der Waals surface area contributed by atoms with Crippen molar-refractivity contribution in [2.75, 3.05) is 32.6 Å². The van der Waals surface area contributed by atoms with E-state index in [1.807, 2.05) is 17.9 Å². The third-order valence-corrected chi connectivity index (χ3v) is 4.15. The minimum Gasteiger partial charge on any atom is -0.495 e. The Kier molecular flexibility index (Phi) is 7.24. The summed E-state index contributed by atoms with van der Waals surface area (Å²) in [6.07, 6.45) is 0. The first kappa shape index (κ1) is 20.0. The first-order valence-electron chi connectivity index (χ1n) is 8.15. The molecule has 1 N–H and O–H groups in total. The lowest BCUT2D eigenvalue weighted by Gasteiger charge is -2.20. The number of anilines is 1. The monoisotopic (exact) mass is 380 g/mol. The molecule has 0 aliphatic heterocycles. The zero-order chi connectivity index (χ0) is 19.1. The molecule has 0 radical (unpaired) electrons. The highest BCUT2D eigenvalue weighted by Crippen LogP contribution is 2.35. The van der Waals surface area contributed by atoms with E-state index in [0.717, 1.165) is 5.56 Å². The fourth-order valence-electron chi connectivity index (χ4n) is 2.52. The molecule has 0 bridgehead atoms. The summed E-state index contributed by atoms with van der Waals surface area (Å²) in [6.45, 7) is 3.21. The van der Waals surface area contributed by atoms with Gasteiger partial charge in [-0.05, 0) is 30.3 Å². The fraction of sp³-hybridized carbons (Fsp3) is 0.316. The molecule has 5 nitrogen and oxygen atoms in total. The number of nitrogens with zero attached hydrogens (tertiary/aromatic N) is 1. The lowest BCUT2D eigenvalue weighted by Crippen LogP contribution is -2.32. The number of benzene rings is 2. The summed E-state index contributed by atoms with van der Waals surface area (Å²) in [5.74, 6) is 0.402. The quantitative estimate of drug-likeness (QED) is 0.753. The SMILES string of the molecule is CCN(CC(=O)Nc1cc(Cl)c(OC)cc1OC)Cc1cccc(F)c1. The van der Waals surface area contributed by atoms with Crippen LogP contribution in [0.25, 0.3) is 0 Å². The van der Waals surface area contributed by atoms with E-state index in [1.165, 1.54) is 26.4 Å². The predicted octanol–water partition coefficient (Wildman–Crippen LogP) is 3.96. The molecule has 0 saturated heterocycles. The maximum absolute atomic E-state index is 13.3. The van der Waals surface area contributed by atoms with Gasteiger partial charge in [0.1, 0.15) is 17.3 Å². The van der Waals surface area contributed by atoms with Crippen molar-refractivity contribution in [3.63, 3.8) is 0 Å². The first-order chi connectivity index (χ1) is 12.5. The van der Waals surface area contributed by atoms with Crippen molar-refractivity contribution in [3.05, 3.63) is 52.8 Å². The van der Waals surface area contributed by atoms with Crippen LogP contribution in [-0.2, 0) is 11.3 Å². The average molecular weight is 381 g/mol. The van der Waals surface area contributed by atoms with Crippen molar-refractivity contribution in [1.82, 2.24) is 4.90 Å². The second kappa shape index (κ2) is 9.40. The van der Waals surface area contributed by atoms with Crippen molar-refractivity contribution in [3.8, 4) is 11.5 Å². The number of amides is 1. The molecule has 0 aliphatic rings. The normalized spacial score (nSPS) is 10.7. The molecular formula is C19H22ClFN2O3. The number of likely N-dealkylation sites (N-methyl/N-ethyl adjacent to an activating group) is 1. The maximum atomic E-state index is 13.3. The summed E-state index contributed by atoms with van der Waals surface area (Å²) in [4.78, 5) is 14.3. The lowest BCUT2D eigenvalue weighted by atomic mass is 10.2. The topological polar surface area (TPSA) is 50.8 Å². The molecule has 1 amide bonds. The van der Waals surface area contributed by atoms with E-state index in [-0.39, 0.29) is 18.3 Å². The summed E-state index contributed by atoms with van der Waals surface area (Å²) in [7, 11) is 3.01. The summed E-state index contributed by atoms with van der Waals surface area (Å²) < 4.78 is 23.7. The van der Waals surface area contributed by atoms with Gasteiger partial charge in [0.25, 0.3) is 0 Å². The van der Waals surface area contributed by atoms with E-state index in [2.05, 4.69) is 5.32 Å². The molecule has 0 heterocycles. The maximum Gasteiger partial charge on any atom is 0.238 e. The number of nitrogens with one attached hydrogen (secondary N) is 1. The van der Waals surface area contributed by atoms with E-state index in [9.17, 15) is 9.18 Å². The van der Waals surface area contributed by atoms with Gasteiger partial charge < -0.3 is 14.8 Å². The molecule has 0 saturated carbocycles. The number of rotatable bonds is 8. The fourth-order valence-corrected chi connectivity index (χ4v) is 2.76. The molecular weight excluding hydrogens is 359 g/mol. The Morgan fingerprint density at radius 2 is 1.92 bits per heavy atom. The van der Waals surface area contributed by atoms with Crippen LogP contribution in [-0.4, -0.2) is 38.1 Å². The van der Waals surface area contributed by atoms with Crippen LogP contribution in [0.15, 0.2) is 36.4 Å². The van der Waals surface area contributed by atoms with Gasteiger partial charge in [0, 0.05) is 12.6 Å². The number of ether oxygens (including phenoxy) is 2. The van der Waals surface area contributed by atoms with Crippen LogP contribution in [0.1, 0.15) is 12.5 Å². The van der Waals surface area contributed by atoms with Gasteiger partial charge in [-0.2, -0.15) is 0 Å². The van der Waals surface area contributed by atoms with Gasteiger partial charge >= 0.3 is 0 Å². The third kappa shape index (κ3) is 5.34. The predicted molar refractivity (Wildman–Crippen MR) is 101 cm³/mol. The minimum absolute atomic E-state index is 0.153. The molecule has 2 aromatic rings. The van der Waals surface area contributed by atoms with Gasteiger partial charge in [0.15, 0.2) is 0 Å². The number of hydrogen-bond acceptors (Lipinski definition) is 4. The van der Waals surface area contributed by atoms with Crippen LogP contribution in [0, 0.1) is 5.82 Å². The number of carbonyl (C=O) groups excluding carboxylic acids is 1.